The number of hydrogen-bond acceptors (Lipinski definition) is 3. The molecule has 0 aliphatic carbocycles. The second-order valence-corrected chi connectivity index (χ2v) is 4.92. The van der Waals surface area contributed by atoms with Crippen LogP contribution in [0.5, 0.6) is 0 Å². The molecule has 0 saturated carbocycles. The Morgan fingerprint density at radius 1 is 1.37 bits per heavy atom. The van der Waals surface area contributed by atoms with E-state index in [-0.39, 0.29) is 18.5 Å². The summed E-state index contributed by atoms with van der Waals surface area (Å²) in [7, 11) is 0. The zero-order chi connectivity index (χ0) is 14.3. The van der Waals surface area contributed by atoms with Gasteiger partial charge in [-0.25, -0.2) is 4.39 Å². The molecular formula is C15H25FN2O. The summed E-state index contributed by atoms with van der Waals surface area (Å²) in [6.45, 7) is 6.74. The molecule has 19 heavy (non-hydrogen) atoms. The molecule has 0 aliphatic heterocycles. The van der Waals surface area contributed by atoms with Crippen LogP contribution in [0.15, 0.2) is 18.2 Å². The van der Waals surface area contributed by atoms with Crippen LogP contribution >= 0.6 is 0 Å². The standard InChI is InChI=1S/C15H25FN2O/c1-3-18(8-4-10-19)9-7-15(17)13-6-5-12(2)14(16)11-13/h5-6,11,15,19H,3-4,7-10,17H2,1-2H3. The third kappa shape index (κ3) is 5.27. The van der Waals surface area contributed by atoms with Crippen LogP contribution in [0.1, 0.15) is 36.9 Å². The molecule has 0 spiro atoms. The van der Waals surface area contributed by atoms with E-state index < -0.39 is 0 Å². The third-order valence-corrected chi connectivity index (χ3v) is 3.46. The highest BCUT2D eigenvalue weighted by Crippen LogP contribution is 2.17. The predicted octanol–water partition coefficient (Wildman–Crippen LogP) is 2.23. The summed E-state index contributed by atoms with van der Waals surface area (Å²) in [6.07, 6.45) is 1.57. The zero-order valence-corrected chi connectivity index (χ0v) is 11.9. The average molecular weight is 268 g/mol. The molecule has 0 fully saturated rings. The third-order valence-electron chi connectivity index (χ3n) is 3.46. The van der Waals surface area contributed by atoms with Gasteiger partial charge in [-0.3, -0.25) is 0 Å². The Balaban J connectivity index is 2.49. The summed E-state index contributed by atoms with van der Waals surface area (Å²) in [5.41, 5.74) is 7.60. The van der Waals surface area contributed by atoms with Crippen molar-refractivity contribution in [1.82, 2.24) is 4.90 Å². The molecule has 0 radical (unpaired) electrons. The molecule has 1 aromatic rings. The minimum Gasteiger partial charge on any atom is -0.396 e. The smallest absolute Gasteiger partial charge is 0.126 e. The summed E-state index contributed by atoms with van der Waals surface area (Å²) in [4.78, 5) is 2.25. The van der Waals surface area contributed by atoms with Crippen molar-refractivity contribution in [2.24, 2.45) is 5.73 Å². The van der Waals surface area contributed by atoms with Gasteiger partial charge in [-0.05, 0) is 50.0 Å². The van der Waals surface area contributed by atoms with Crippen molar-refractivity contribution in [3.05, 3.63) is 35.1 Å². The highest BCUT2D eigenvalue weighted by Gasteiger charge is 2.10. The molecule has 0 saturated heterocycles. The lowest BCUT2D eigenvalue weighted by molar-refractivity contribution is 0.225. The molecule has 1 aromatic carbocycles. The van der Waals surface area contributed by atoms with E-state index in [9.17, 15) is 4.39 Å². The van der Waals surface area contributed by atoms with Crippen LogP contribution in [0.3, 0.4) is 0 Å². The van der Waals surface area contributed by atoms with E-state index in [4.69, 9.17) is 10.8 Å². The second-order valence-electron chi connectivity index (χ2n) is 4.92. The number of rotatable bonds is 8. The van der Waals surface area contributed by atoms with E-state index in [1.165, 1.54) is 6.07 Å². The maximum Gasteiger partial charge on any atom is 0.126 e. The molecule has 1 atom stereocenters. The van der Waals surface area contributed by atoms with Crippen LogP contribution in [0.25, 0.3) is 0 Å². The molecule has 0 aromatic heterocycles. The quantitative estimate of drug-likeness (QED) is 0.760. The summed E-state index contributed by atoms with van der Waals surface area (Å²) < 4.78 is 13.5. The maximum absolute atomic E-state index is 13.5. The number of aryl methyl sites for hydroxylation is 1. The summed E-state index contributed by atoms with van der Waals surface area (Å²) in [5, 5.41) is 8.83. The fraction of sp³-hybridized carbons (Fsp3) is 0.600. The Morgan fingerprint density at radius 2 is 2.11 bits per heavy atom. The van der Waals surface area contributed by atoms with Gasteiger partial charge in [0.25, 0.3) is 0 Å². The number of hydrogen-bond donors (Lipinski definition) is 2. The van der Waals surface area contributed by atoms with E-state index in [0.29, 0.717) is 5.56 Å². The summed E-state index contributed by atoms with van der Waals surface area (Å²) in [5.74, 6) is -0.194. The molecule has 0 aliphatic rings. The molecule has 3 nitrogen and oxygen atoms in total. The Morgan fingerprint density at radius 3 is 2.68 bits per heavy atom. The maximum atomic E-state index is 13.5. The lowest BCUT2D eigenvalue weighted by atomic mass is 10.0. The lowest BCUT2D eigenvalue weighted by Crippen LogP contribution is -2.28. The summed E-state index contributed by atoms with van der Waals surface area (Å²) >= 11 is 0. The second kappa shape index (κ2) is 8.25. The Bertz CT molecular complexity index is 384. The van der Waals surface area contributed by atoms with Crippen LogP contribution in [0, 0.1) is 12.7 Å². The van der Waals surface area contributed by atoms with Gasteiger partial charge >= 0.3 is 0 Å². The van der Waals surface area contributed by atoms with Crippen molar-refractivity contribution in [2.75, 3.05) is 26.2 Å². The van der Waals surface area contributed by atoms with Crippen LogP contribution in [0.4, 0.5) is 4.39 Å². The van der Waals surface area contributed by atoms with Crippen molar-refractivity contribution in [1.29, 1.82) is 0 Å². The molecule has 4 heteroatoms. The van der Waals surface area contributed by atoms with Crippen LogP contribution in [-0.4, -0.2) is 36.2 Å². The SMILES string of the molecule is CCN(CCCO)CCC(N)c1ccc(C)c(F)c1. The van der Waals surface area contributed by atoms with E-state index in [2.05, 4.69) is 11.8 Å². The topological polar surface area (TPSA) is 49.5 Å². The van der Waals surface area contributed by atoms with Crippen LogP contribution in [-0.2, 0) is 0 Å². The van der Waals surface area contributed by atoms with Crippen molar-refractivity contribution in [2.45, 2.75) is 32.7 Å². The average Bonchev–Trinajstić information content (AvgIpc) is 2.41. The van der Waals surface area contributed by atoms with E-state index >= 15 is 0 Å². The van der Waals surface area contributed by atoms with E-state index in [0.717, 1.165) is 38.0 Å². The number of halogens is 1. The first-order valence-corrected chi connectivity index (χ1v) is 6.93. The summed E-state index contributed by atoms with van der Waals surface area (Å²) in [6, 6.07) is 5.06. The van der Waals surface area contributed by atoms with Gasteiger partial charge in [-0.1, -0.05) is 19.1 Å². The van der Waals surface area contributed by atoms with Gasteiger partial charge < -0.3 is 15.7 Å². The number of nitrogens with two attached hydrogens (primary N) is 1. The molecule has 0 heterocycles. The van der Waals surface area contributed by atoms with Crippen molar-refractivity contribution < 1.29 is 9.50 Å². The van der Waals surface area contributed by atoms with Gasteiger partial charge in [-0.2, -0.15) is 0 Å². The van der Waals surface area contributed by atoms with Gasteiger partial charge in [0.2, 0.25) is 0 Å². The van der Waals surface area contributed by atoms with Crippen molar-refractivity contribution in [3.8, 4) is 0 Å². The van der Waals surface area contributed by atoms with Crippen molar-refractivity contribution >= 4 is 0 Å². The molecular weight excluding hydrogens is 243 g/mol. The zero-order valence-electron chi connectivity index (χ0n) is 11.9. The molecule has 0 bridgehead atoms. The first-order chi connectivity index (χ1) is 9.08. The van der Waals surface area contributed by atoms with Gasteiger partial charge in [0.05, 0.1) is 0 Å². The molecule has 0 amide bonds. The number of nitrogens with zero attached hydrogens (tertiary/aromatic N) is 1. The van der Waals surface area contributed by atoms with Gasteiger partial charge in [0, 0.05) is 19.2 Å². The Hall–Kier alpha value is -0.970. The highest BCUT2D eigenvalue weighted by molar-refractivity contribution is 5.25. The van der Waals surface area contributed by atoms with Crippen LogP contribution < -0.4 is 5.73 Å². The lowest BCUT2D eigenvalue weighted by Gasteiger charge is -2.22. The van der Waals surface area contributed by atoms with Gasteiger partial charge in [-0.15, -0.1) is 0 Å². The first kappa shape index (κ1) is 16.1. The number of aliphatic hydroxyl groups is 1. The van der Waals surface area contributed by atoms with E-state index in [1.807, 2.05) is 6.07 Å². The highest BCUT2D eigenvalue weighted by atomic mass is 19.1. The van der Waals surface area contributed by atoms with Gasteiger partial charge in [0.15, 0.2) is 0 Å². The minimum atomic E-state index is -0.194. The minimum absolute atomic E-state index is 0.140. The fourth-order valence-electron chi connectivity index (χ4n) is 2.05. The van der Waals surface area contributed by atoms with E-state index in [1.54, 1.807) is 13.0 Å². The number of benzene rings is 1. The molecule has 108 valence electrons. The first-order valence-electron chi connectivity index (χ1n) is 6.93. The molecule has 3 N–H and O–H groups in total. The number of aliphatic hydroxyl groups excluding tert-OH is 1. The largest absolute Gasteiger partial charge is 0.396 e. The van der Waals surface area contributed by atoms with Crippen molar-refractivity contribution in [3.63, 3.8) is 0 Å². The fourth-order valence-corrected chi connectivity index (χ4v) is 2.05. The molecule has 1 rings (SSSR count). The molecule has 1 unspecified atom stereocenters. The predicted molar refractivity (Wildman–Crippen MR) is 76.5 cm³/mol. The van der Waals surface area contributed by atoms with Crippen LogP contribution in [0.2, 0.25) is 0 Å². The Kier molecular flexibility index (Phi) is 6.99. The van der Waals surface area contributed by atoms with Gasteiger partial charge in [0.1, 0.15) is 5.82 Å². The monoisotopic (exact) mass is 268 g/mol. The Labute approximate surface area is 115 Å². The normalized spacial score (nSPS) is 12.9.